The van der Waals surface area contributed by atoms with Crippen LogP contribution in [0.4, 0.5) is 0 Å². The Hall–Kier alpha value is -4.18. The second kappa shape index (κ2) is 6.77. The summed E-state index contributed by atoms with van der Waals surface area (Å²) in [5, 5.41) is 18.9. The molecule has 0 saturated carbocycles. The first-order valence-electron chi connectivity index (χ1n) is 9.17. The van der Waals surface area contributed by atoms with Crippen molar-refractivity contribution in [2.45, 2.75) is 6.54 Å². The molecule has 0 aliphatic rings. The number of nitrogens with one attached hydrogen (secondary N) is 1. The maximum atomic E-state index is 9.08. The number of pyridine rings is 1. The van der Waals surface area contributed by atoms with E-state index in [-0.39, 0.29) is 0 Å². The van der Waals surface area contributed by atoms with Gasteiger partial charge in [0.25, 0.3) is 0 Å². The van der Waals surface area contributed by atoms with Crippen LogP contribution in [0.2, 0.25) is 0 Å². The number of hydrogen-bond donors (Lipinski definition) is 1. The molecule has 29 heavy (non-hydrogen) atoms. The van der Waals surface area contributed by atoms with E-state index in [4.69, 9.17) is 5.26 Å². The number of fused-ring (bicyclic) bond motifs is 1. The van der Waals surface area contributed by atoms with Crippen LogP contribution in [-0.4, -0.2) is 29.5 Å². The molecule has 1 aromatic carbocycles. The zero-order valence-electron chi connectivity index (χ0n) is 15.7. The number of aryl methyl sites for hydroxylation is 1. The van der Waals surface area contributed by atoms with Gasteiger partial charge in [-0.05, 0) is 23.8 Å². The fourth-order valence-corrected chi connectivity index (χ4v) is 3.49. The Morgan fingerprint density at radius 3 is 2.76 bits per heavy atom. The highest BCUT2D eigenvalue weighted by Gasteiger charge is 2.12. The third-order valence-electron chi connectivity index (χ3n) is 4.91. The highest BCUT2D eigenvalue weighted by molar-refractivity contribution is 5.95. The molecule has 0 amide bonds. The summed E-state index contributed by atoms with van der Waals surface area (Å²) in [4.78, 5) is 7.80. The predicted molar refractivity (Wildman–Crippen MR) is 110 cm³/mol. The molecule has 0 aliphatic carbocycles. The van der Waals surface area contributed by atoms with E-state index in [1.165, 1.54) is 0 Å². The van der Waals surface area contributed by atoms with Gasteiger partial charge in [0.05, 0.1) is 30.6 Å². The van der Waals surface area contributed by atoms with Crippen LogP contribution in [-0.2, 0) is 13.6 Å². The van der Waals surface area contributed by atoms with Gasteiger partial charge < -0.3 is 4.98 Å². The Labute approximate surface area is 166 Å². The van der Waals surface area contributed by atoms with Crippen molar-refractivity contribution in [3.63, 3.8) is 0 Å². The number of nitriles is 1. The lowest BCUT2D eigenvalue weighted by atomic mass is 10.1. The van der Waals surface area contributed by atoms with Crippen LogP contribution in [0.25, 0.3) is 33.3 Å². The van der Waals surface area contributed by atoms with Crippen LogP contribution in [0.3, 0.4) is 0 Å². The van der Waals surface area contributed by atoms with E-state index < -0.39 is 0 Å². The average Bonchev–Trinajstić information content (AvgIpc) is 3.47. The summed E-state index contributed by atoms with van der Waals surface area (Å²) in [5.74, 6) is 0. The number of nitrogens with zero attached hydrogens (tertiary/aromatic N) is 6. The normalized spacial score (nSPS) is 11.0. The van der Waals surface area contributed by atoms with Crippen molar-refractivity contribution in [1.29, 1.82) is 5.26 Å². The molecule has 7 heteroatoms. The van der Waals surface area contributed by atoms with Gasteiger partial charge in [0.1, 0.15) is 5.65 Å². The minimum absolute atomic E-state index is 0.608. The topological polar surface area (TPSA) is 88.1 Å². The number of rotatable bonds is 4. The summed E-state index contributed by atoms with van der Waals surface area (Å²) in [6.45, 7) is 0.608. The molecular formula is C22H17N7. The Morgan fingerprint density at radius 2 is 1.93 bits per heavy atom. The summed E-state index contributed by atoms with van der Waals surface area (Å²) in [6, 6.07) is 11.9. The van der Waals surface area contributed by atoms with Crippen molar-refractivity contribution >= 4 is 11.0 Å². The first-order chi connectivity index (χ1) is 14.2. The largest absolute Gasteiger partial charge is 0.346 e. The minimum atomic E-state index is 0.608. The second-order valence-electron chi connectivity index (χ2n) is 6.96. The molecule has 5 aromatic rings. The van der Waals surface area contributed by atoms with Gasteiger partial charge in [-0.15, -0.1) is 0 Å². The maximum absolute atomic E-state index is 9.08. The molecule has 4 heterocycles. The van der Waals surface area contributed by atoms with Crippen LogP contribution in [0.15, 0.2) is 67.5 Å². The molecule has 7 nitrogen and oxygen atoms in total. The molecule has 0 unspecified atom stereocenters. The summed E-state index contributed by atoms with van der Waals surface area (Å²) in [7, 11) is 1.90. The zero-order valence-corrected chi connectivity index (χ0v) is 15.7. The van der Waals surface area contributed by atoms with Crippen LogP contribution < -0.4 is 0 Å². The quantitative estimate of drug-likeness (QED) is 0.515. The first kappa shape index (κ1) is 17.0. The molecule has 140 valence electrons. The van der Waals surface area contributed by atoms with Crippen molar-refractivity contribution in [2.24, 2.45) is 7.05 Å². The van der Waals surface area contributed by atoms with E-state index in [0.29, 0.717) is 12.1 Å². The molecule has 1 N–H and O–H groups in total. The van der Waals surface area contributed by atoms with E-state index >= 15 is 0 Å². The van der Waals surface area contributed by atoms with E-state index in [1.54, 1.807) is 10.7 Å². The predicted octanol–water partition coefficient (Wildman–Crippen LogP) is 3.75. The molecule has 0 saturated heterocycles. The van der Waals surface area contributed by atoms with Gasteiger partial charge in [0, 0.05) is 59.5 Å². The molecule has 0 radical (unpaired) electrons. The summed E-state index contributed by atoms with van der Waals surface area (Å²) in [6.07, 6.45) is 11.5. The van der Waals surface area contributed by atoms with Crippen molar-refractivity contribution in [3.05, 3.63) is 78.6 Å². The molecule has 0 bridgehead atoms. The number of H-pyrrole nitrogens is 1. The Bertz CT molecular complexity index is 1360. The SMILES string of the molecule is Cn1cc(-c2cnc3[nH]cc(-c4cnn(Cc5cccc(C#N)c5)c4)c3c2)cn1. The van der Waals surface area contributed by atoms with Crippen molar-refractivity contribution in [3.8, 4) is 28.3 Å². The van der Waals surface area contributed by atoms with Crippen LogP contribution in [0.1, 0.15) is 11.1 Å². The lowest BCUT2D eigenvalue weighted by Gasteiger charge is -2.02. The van der Waals surface area contributed by atoms with Crippen LogP contribution in [0, 0.1) is 11.3 Å². The number of benzene rings is 1. The standard InChI is InChI=1S/C22H17N7/c1-28-13-18(9-26-28)17-6-20-21(11-25-22(20)24-8-17)19-10-27-29(14-19)12-16-4-2-3-15(5-16)7-23/h2-6,8-11,13-14H,12H2,1H3,(H,24,25). The first-order valence-corrected chi connectivity index (χ1v) is 9.17. The molecular weight excluding hydrogens is 362 g/mol. The molecule has 5 rings (SSSR count). The van der Waals surface area contributed by atoms with Crippen molar-refractivity contribution < 1.29 is 0 Å². The zero-order chi connectivity index (χ0) is 19.8. The van der Waals surface area contributed by atoms with Gasteiger partial charge in [-0.3, -0.25) is 9.36 Å². The fraction of sp³-hybridized carbons (Fsp3) is 0.0909. The van der Waals surface area contributed by atoms with Crippen molar-refractivity contribution in [1.82, 2.24) is 29.5 Å². The lowest BCUT2D eigenvalue weighted by Crippen LogP contribution is -1.99. The number of aromatic amines is 1. The molecule has 0 spiro atoms. The van der Waals surface area contributed by atoms with Gasteiger partial charge in [-0.25, -0.2) is 4.98 Å². The van der Waals surface area contributed by atoms with Crippen LogP contribution >= 0.6 is 0 Å². The van der Waals surface area contributed by atoms with Crippen LogP contribution in [0.5, 0.6) is 0 Å². The minimum Gasteiger partial charge on any atom is -0.346 e. The highest BCUT2D eigenvalue weighted by Crippen LogP contribution is 2.30. The van der Waals surface area contributed by atoms with Gasteiger partial charge in [0.15, 0.2) is 0 Å². The Kier molecular flexibility index (Phi) is 3.96. The molecule has 4 aromatic heterocycles. The van der Waals surface area contributed by atoms with E-state index in [2.05, 4.69) is 32.3 Å². The monoisotopic (exact) mass is 379 g/mol. The Morgan fingerprint density at radius 1 is 1.03 bits per heavy atom. The highest BCUT2D eigenvalue weighted by atomic mass is 15.3. The van der Waals surface area contributed by atoms with Gasteiger partial charge in [0.2, 0.25) is 0 Å². The average molecular weight is 379 g/mol. The van der Waals surface area contributed by atoms with Gasteiger partial charge in [-0.2, -0.15) is 15.5 Å². The van der Waals surface area contributed by atoms with E-state index in [1.807, 2.05) is 67.1 Å². The molecule has 0 fully saturated rings. The number of aromatic nitrogens is 6. The van der Waals surface area contributed by atoms with E-state index in [9.17, 15) is 0 Å². The summed E-state index contributed by atoms with van der Waals surface area (Å²) >= 11 is 0. The summed E-state index contributed by atoms with van der Waals surface area (Å²) < 4.78 is 3.66. The molecule has 0 atom stereocenters. The third kappa shape index (κ3) is 3.17. The maximum Gasteiger partial charge on any atom is 0.137 e. The third-order valence-corrected chi connectivity index (χ3v) is 4.91. The smallest absolute Gasteiger partial charge is 0.137 e. The van der Waals surface area contributed by atoms with Gasteiger partial charge in [-0.1, -0.05) is 12.1 Å². The lowest BCUT2D eigenvalue weighted by molar-refractivity contribution is 0.687. The molecule has 0 aliphatic heterocycles. The summed E-state index contributed by atoms with van der Waals surface area (Å²) in [5.41, 5.74) is 6.64. The van der Waals surface area contributed by atoms with Crippen molar-refractivity contribution in [2.75, 3.05) is 0 Å². The second-order valence-corrected chi connectivity index (χ2v) is 6.96. The number of hydrogen-bond acceptors (Lipinski definition) is 4. The fourth-order valence-electron chi connectivity index (χ4n) is 3.49. The Balaban J connectivity index is 1.49. The van der Waals surface area contributed by atoms with E-state index in [0.717, 1.165) is 38.9 Å². The van der Waals surface area contributed by atoms with Gasteiger partial charge >= 0.3 is 0 Å².